The van der Waals surface area contributed by atoms with Crippen molar-refractivity contribution in [2.75, 3.05) is 0 Å². The van der Waals surface area contributed by atoms with Gasteiger partial charge in [0.25, 0.3) is 0 Å². The third-order valence-corrected chi connectivity index (χ3v) is 5.42. The Kier molecular flexibility index (Phi) is 3.96. The van der Waals surface area contributed by atoms with E-state index in [2.05, 4.69) is 19.0 Å². The highest BCUT2D eigenvalue weighted by molar-refractivity contribution is 6.31. The molecule has 1 aromatic carbocycles. The van der Waals surface area contributed by atoms with E-state index in [1.807, 2.05) is 31.2 Å². The summed E-state index contributed by atoms with van der Waals surface area (Å²) >= 11 is 6.18. The normalized spacial score (nSPS) is 35.7. The minimum atomic E-state index is -0.505. The van der Waals surface area contributed by atoms with Crippen LogP contribution in [0.25, 0.3) is 0 Å². The third kappa shape index (κ3) is 2.25. The largest absolute Gasteiger partial charge is 0.411 e. The monoisotopic (exact) mass is 323 g/mol. The average molecular weight is 324 g/mol. The van der Waals surface area contributed by atoms with E-state index in [1.165, 1.54) is 0 Å². The number of nitrogens with zero attached hydrogens (tertiary/aromatic N) is 1. The molecule has 4 nitrogen and oxygen atoms in total. The highest BCUT2D eigenvalue weighted by Crippen LogP contribution is 2.53. The number of halogens is 1. The lowest BCUT2D eigenvalue weighted by Gasteiger charge is -2.32. The first kappa shape index (κ1) is 15.8. The highest BCUT2D eigenvalue weighted by atomic mass is 35.5. The Balaban J connectivity index is 1.84. The fourth-order valence-corrected chi connectivity index (χ4v) is 3.90. The summed E-state index contributed by atoms with van der Waals surface area (Å²) in [5.41, 5.74) is 0.594. The van der Waals surface area contributed by atoms with Gasteiger partial charge in [-0.15, -0.1) is 0 Å². The van der Waals surface area contributed by atoms with Crippen LogP contribution < -0.4 is 0 Å². The van der Waals surface area contributed by atoms with Gasteiger partial charge in [0.1, 0.15) is 17.4 Å². The van der Waals surface area contributed by atoms with E-state index < -0.39 is 11.2 Å². The summed E-state index contributed by atoms with van der Waals surface area (Å²) < 4.78 is 12.4. The van der Waals surface area contributed by atoms with Gasteiger partial charge >= 0.3 is 0 Å². The van der Waals surface area contributed by atoms with Crippen molar-refractivity contribution < 1.29 is 14.7 Å². The Morgan fingerprint density at radius 3 is 2.77 bits per heavy atom. The summed E-state index contributed by atoms with van der Waals surface area (Å²) in [5.74, 6) is 0.231. The lowest BCUT2D eigenvalue weighted by Crippen LogP contribution is -2.48. The predicted octanol–water partition coefficient (Wildman–Crippen LogP) is 4.03. The topological polar surface area (TPSA) is 51.0 Å². The van der Waals surface area contributed by atoms with Gasteiger partial charge in [-0.2, -0.15) is 0 Å². The molecule has 2 heterocycles. The molecule has 2 saturated heterocycles. The Morgan fingerprint density at radius 1 is 1.41 bits per heavy atom. The average Bonchev–Trinajstić information content (AvgIpc) is 2.96. The number of ether oxygens (including phenoxy) is 2. The summed E-state index contributed by atoms with van der Waals surface area (Å²) in [6, 6.07) is 7.60. The maximum absolute atomic E-state index is 9.54. The second kappa shape index (κ2) is 5.52. The highest BCUT2D eigenvalue weighted by Gasteiger charge is 2.65. The second-order valence-corrected chi connectivity index (χ2v) is 7.13. The molecule has 120 valence electrons. The molecular formula is C17H22ClNO3. The minimum Gasteiger partial charge on any atom is -0.411 e. The standard InChI is InChI=1S/C17H22ClNO3/c1-11(2)17-9-8-16(3,22-17)15(14(17)19-20)21-10-12-6-4-5-7-13(12)18/h4-7,11,15,20H,8-10H2,1-3H3/t15-,16+,17+/m1/s1. The zero-order valence-corrected chi connectivity index (χ0v) is 13.9. The number of benzene rings is 1. The van der Waals surface area contributed by atoms with Crippen LogP contribution in [-0.4, -0.2) is 28.2 Å². The van der Waals surface area contributed by atoms with Crippen molar-refractivity contribution in [1.29, 1.82) is 0 Å². The number of hydrogen-bond acceptors (Lipinski definition) is 4. The second-order valence-electron chi connectivity index (χ2n) is 6.73. The Bertz CT molecular complexity index is 603. The van der Waals surface area contributed by atoms with E-state index in [4.69, 9.17) is 21.1 Å². The predicted molar refractivity (Wildman–Crippen MR) is 85.5 cm³/mol. The maximum atomic E-state index is 9.54. The summed E-state index contributed by atoms with van der Waals surface area (Å²) in [6.45, 7) is 6.59. The van der Waals surface area contributed by atoms with Crippen molar-refractivity contribution in [2.45, 2.75) is 57.5 Å². The fraction of sp³-hybridized carbons (Fsp3) is 0.588. The van der Waals surface area contributed by atoms with Gasteiger partial charge in [0.2, 0.25) is 0 Å². The Labute approximate surface area is 136 Å². The van der Waals surface area contributed by atoms with E-state index in [1.54, 1.807) is 0 Å². The van der Waals surface area contributed by atoms with Crippen LogP contribution >= 0.6 is 11.6 Å². The van der Waals surface area contributed by atoms with Crippen molar-refractivity contribution in [3.8, 4) is 0 Å². The molecule has 0 unspecified atom stereocenters. The summed E-state index contributed by atoms with van der Waals surface area (Å²) in [5, 5.41) is 13.8. The number of oxime groups is 1. The van der Waals surface area contributed by atoms with E-state index in [-0.39, 0.29) is 12.0 Å². The third-order valence-electron chi connectivity index (χ3n) is 5.05. The van der Waals surface area contributed by atoms with Gasteiger partial charge in [-0.1, -0.05) is 48.8 Å². The zero-order valence-electron chi connectivity index (χ0n) is 13.2. The molecule has 0 amide bonds. The first-order valence-electron chi connectivity index (χ1n) is 7.70. The van der Waals surface area contributed by atoms with Crippen LogP contribution in [-0.2, 0) is 16.1 Å². The van der Waals surface area contributed by atoms with Gasteiger partial charge < -0.3 is 14.7 Å². The van der Waals surface area contributed by atoms with Gasteiger partial charge in [-0.25, -0.2) is 0 Å². The molecular weight excluding hydrogens is 302 g/mol. The Morgan fingerprint density at radius 2 is 2.14 bits per heavy atom. The molecule has 0 radical (unpaired) electrons. The molecule has 2 aliphatic rings. The van der Waals surface area contributed by atoms with E-state index in [0.29, 0.717) is 17.3 Å². The first-order valence-corrected chi connectivity index (χ1v) is 8.08. The maximum Gasteiger partial charge on any atom is 0.131 e. The van der Waals surface area contributed by atoms with Crippen LogP contribution in [0.2, 0.25) is 5.02 Å². The van der Waals surface area contributed by atoms with Gasteiger partial charge in [0.15, 0.2) is 0 Å². The smallest absolute Gasteiger partial charge is 0.131 e. The summed E-state index contributed by atoms with van der Waals surface area (Å²) in [4.78, 5) is 0. The molecule has 2 fully saturated rings. The van der Waals surface area contributed by atoms with E-state index in [9.17, 15) is 5.21 Å². The van der Waals surface area contributed by atoms with Gasteiger partial charge in [-0.3, -0.25) is 0 Å². The lowest BCUT2D eigenvalue weighted by atomic mass is 9.74. The quantitative estimate of drug-likeness (QED) is 0.672. The molecule has 0 saturated carbocycles. The molecule has 2 bridgehead atoms. The first-order chi connectivity index (χ1) is 10.4. The van der Waals surface area contributed by atoms with Gasteiger partial charge in [-0.05, 0) is 37.3 Å². The zero-order chi connectivity index (χ0) is 16.0. The number of rotatable bonds is 4. The fourth-order valence-electron chi connectivity index (χ4n) is 3.71. The van der Waals surface area contributed by atoms with Crippen LogP contribution in [0.15, 0.2) is 29.4 Å². The number of fused-ring (bicyclic) bond motifs is 2. The SMILES string of the molecule is CC(C)[C@]12CC[C@](C)(O1)[C@H](OCc1ccccc1Cl)C2=NO. The van der Waals surface area contributed by atoms with Crippen LogP contribution in [0.5, 0.6) is 0 Å². The molecule has 0 aliphatic carbocycles. The van der Waals surface area contributed by atoms with E-state index >= 15 is 0 Å². The summed E-state index contributed by atoms with van der Waals surface area (Å²) in [7, 11) is 0. The van der Waals surface area contributed by atoms with E-state index in [0.717, 1.165) is 18.4 Å². The minimum absolute atomic E-state index is 0.231. The van der Waals surface area contributed by atoms with Crippen molar-refractivity contribution in [3.63, 3.8) is 0 Å². The van der Waals surface area contributed by atoms with Crippen molar-refractivity contribution in [1.82, 2.24) is 0 Å². The molecule has 0 aromatic heterocycles. The van der Waals surface area contributed by atoms with Crippen LogP contribution in [0.4, 0.5) is 0 Å². The molecule has 1 N–H and O–H groups in total. The molecule has 5 heteroatoms. The molecule has 22 heavy (non-hydrogen) atoms. The number of hydrogen-bond donors (Lipinski definition) is 1. The lowest BCUT2D eigenvalue weighted by molar-refractivity contribution is -0.0959. The van der Waals surface area contributed by atoms with Crippen LogP contribution in [0.3, 0.4) is 0 Å². The Hall–Kier alpha value is -1.10. The van der Waals surface area contributed by atoms with Gasteiger partial charge in [0, 0.05) is 5.02 Å². The van der Waals surface area contributed by atoms with Crippen molar-refractivity contribution >= 4 is 17.3 Å². The van der Waals surface area contributed by atoms with Gasteiger partial charge in [0.05, 0.1) is 12.2 Å². The van der Waals surface area contributed by atoms with Crippen molar-refractivity contribution in [2.24, 2.45) is 11.1 Å². The molecule has 3 atom stereocenters. The molecule has 0 spiro atoms. The molecule has 2 aliphatic heterocycles. The van der Waals surface area contributed by atoms with Crippen molar-refractivity contribution in [3.05, 3.63) is 34.9 Å². The molecule has 1 aromatic rings. The van der Waals surface area contributed by atoms with Crippen LogP contribution in [0.1, 0.15) is 39.2 Å². The van der Waals surface area contributed by atoms with Crippen LogP contribution in [0, 0.1) is 5.92 Å². The summed E-state index contributed by atoms with van der Waals surface area (Å²) in [6.07, 6.45) is 1.43. The molecule has 3 rings (SSSR count).